The minimum atomic E-state index is -1.04. The first kappa shape index (κ1) is 16.2. The SMILES string of the molecule is Cc1cc(C#N)ccc1Sc1cc(Cl)ccc1OCC(=O)O. The average molecular weight is 334 g/mol. The lowest BCUT2D eigenvalue weighted by atomic mass is 10.2. The number of benzene rings is 2. The molecule has 0 fully saturated rings. The van der Waals surface area contributed by atoms with Gasteiger partial charge in [0.15, 0.2) is 6.61 Å². The van der Waals surface area contributed by atoms with Crippen LogP contribution in [0.4, 0.5) is 0 Å². The molecule has 0 saturated carbocycles. The number of hydrogen-bond donors (Lipinski definition) is 1. The van der Waals surface area contributed by atoms with Gasteiger partial charge in [0, 0.05) is 9.92 Å². The largest absolute Gasteiger partial charge is 0.481 e. The first-order valence-electron chi connectivity index (χ1n) is 6.32. The number of halogens is 1. The lowest BCUT2D eigenvalue weighted by Crippen LogP contribution is -2.09. The fourth-order valence-electron chi connectivity index (χ4n) is 1.77. The minimum absolute atomic E-state index is 0.415. The first-order chi connectivity index (χ1) is 10.5. The summed E-state index contributed by atoms with van der Waals surface area (Å²) in [7, 11) is 0. The van der Waals surface area contributed by atoms with Crippen molar-refractivity contribution < 1.29 is 14.6 Å². The number of carboxylic acid groups (broad SMARTS) is 1. The van der Waals surface area contributed by atoms with Crippen LogP contribution in [0.2, 0.25) is 5.02 Å². The average Bonchev–Trinajstić information content (AvgIpc) is 2.48. The summed E-state index contributed by atoms with van der Waals surface area (Å²) < 4.78 is 5.28. The van der Waals surface area contributed by atoms with Gasteiger partial charge in [-0.05, 0) is 48.9 Å². The predicted octanol–water partition coefficient (Wildman–Crippen LogP) is 4.13. The van der Waals surface area contributed by atoms with Gasteiger partial charge in [-0.25, -0.2) is 4.79 Å². The second kappa shape index (κ2) is 7.21. The molecule has 0 atom stereocenters. The van der Waals surface area contributed by atoms with Gasteiger partial charge in [0.25, 0.3) is 0 Å². The van der Waals surface area contributed by atoms with Crippen LogP contribution in [0.15, 0.2) is 46.2 Å². The van der Waals surface area contributed by atoms with Crippen LogP contribution in [0.25, 0.3) is 0 Å². The number of aryl methyl sites for hydroxylation is 1. The summed E-state index contributed by atoms with van der Waals surface area (Å²) >= 11 is 7.42. The van der Waals surface area contributed by atoms with Crippen molar-refractivity contribution in [2.75, 3.05) is 6.61 Å². The molecule has 0 spiro atoms. The Bertz CT molecular complexity index is 756. The Labute approximate surface area is 137 Å². The van der Waals surface area contributed by atoms with E-state index in [2.05, 4.69) is 6.07 Å². The highest BCUT2D eigenvalue weighted by atomic mass is 35.5. The second-order valence-electron chi connectivity index (χ2n) is 4.47. The maximum Gasteiger partial charge on any atom is 0.341 e. The van der Waals surface area contributed by atoms with Crippen LogP contribution in [0.5, 0.6) is 5.75 Å². The van der Waals surface area contributed by atoms with Crippen LogP contribution in [-0.2, 0) is 4.79 Å². The molecule has 1 N–H and O–H groups in total. The number of aliphatic carboxylic acids is 1. The third-order valence-electron chi connectivity index (χ3n) is 2.78. The Hall–Kier alpha value is -2.16. The monoisotopic (exact) mass is 333 g/mol. The predicted molar refractivity (Wildman–Crippen MR) is 84.6 cm³/mol. The van der Waals surface area contributed by atoms with Crippen molar-refractivity contribution in [2.45, 2.75) is 16.7 Å². The van der Waals surface area contributed by atoms with Crippen molar-refractivity contribution in [3.63, 3.8) is 0 Å². The number of carboxylic acids is 1. The summed E-state index contributed by atoms with van der Waals surface area (Å²) in [5, 5.41) is 18.2. The molecule has 4 nitrogen and oxygen atoms in total. The Kier molecular flexibility index (Phi) is 5.31. The van der Waals surface area contributed by atoms with Gasteiger partial charge in [-0.15, -0.1) is 0 Å². The molecule has 0 aromatic heterocycles. The van der Waals surface area contributed by atoms with Gasteiger partial charge in [0.05, 0.1) is 16.5 Å². The maximum absolute atomic E-state index is 10.6. The zero-order valence-corrected chi connectivity index (χ0v) is 13.2. The molecule has 0 amide bonds. The summed E-state index contributed by atoms with van der Waals surface area (Å²) in [4.78, 5) is 12.3. The molecule has 0 unspecified atom stereocenters. The third kappa shape index (κ3) is 4.17. The van der Waals surface area contributed by atoms with E-state index in [0.29, 0.717) is 16.3 Å². The van der Waals surface area contributed by atoms with Crippen molar-refractivity contribution >= 4 is 29.3 Å². The lowest BCUT2D eigenvalue weighted by Gasteiger charge is -2.11. The number of nitriles is 1. The standard InChI is InChI=1S/C16H12ClNO3S/c1-10-6-11(8-18)2-5-14(10)22-15-7-12(17)3-4-13(15)21-9-16(19)20/h2-7H,9H2,1H3,(H,19,20). The van der Waals surface area contributed by atoms with E-state index >= 15 is 0 Å². The van der Waals surface area contributed by atoms with E-state index in [1.165, 1.54) is 11.8 Å². The highest BCUT2D eigenvalue weighted by Gasteiger charge is 2.10. The van der Waals surface area contributed by atoms with Crippen LogP contribution in [-0.4, -0.2) is 17.7 Å². The molecule has 22 heavy (non-hydrogen) atoms. The maximum atomic E-state index is 10.6. The molecule has 0 aliphatic heterocycles. The Balaban J connectivity index is 2.30. The Morgan fingerprint density at radius 2 is 2.09 bits per heavy atom. The number of rotatable bonds is 5. The van der Waals surface area contributed by atoms with Crippen molar-refractivity contribution in [1.29, 1.82) is 5.26 Å². The summed E-state index contributed by atoms with van der Waals surface area (Å²) in [5.74, 6) is -0.582. The van der Waals surface area contributed by atoms with Crippen molar-refractivity contribution in [3.8, 4) is 11.8 Å². The van der Waals surface area contributed by atoms with Gasteiger partial charge in [-0.1, -0.05) is 23.4 Å². The smallest absolute Gasteiger partial charge is 0.341 e. The van der Waals surface area contributed by atoms with Gasteiger partial charge in [-0.3, -0.25) is 0 Å². The van der Waals surface area contributed by atoms with Crippen LogP contribution < -0.4 is 4.74 Å². The van der Waals surface area contributed by atoms with Crippen molar-refractivity contribution in [1.82, 2.24) is 0 Å². The fourth-order valence-corrected chi connectivity index (χ4v) is 3.02. The van der Waals surface area contributed by atoms with E-state index in [1.54, 1.807) is 30.3 Å². The summed E-state index contributed by atoms with van der Waals surface area (Å²) in [5.41, 5.74) is 1.54. The first-order valence-corrected chi connectivity index (χ1v) is 7.52. The zero-order valence-electron chi connectivity index (χ0n) is 11.7. The molecule has 0 bridgehead atoms. The Morgan fingerprint density at radius 3 is 2.73 bits per heavy atom. The summed E-state index contributed by atoms with van der Waals surface area (Å²) in [6.07, 6.45) is 0. The molecule has 0 radical (unpaired) electrons. The molecular formula is C16H12ClNO3S. The van der Waals surface area contributed by atoms with E-state index in [1.807, 2.05) is 13.0 Å². The molecule has 0 aliphatic rings. The summed E-state index contributed by atoms with van der Waals surface area (Å²) in [6, 6.07) is 12.5. The summed E-state index contributed by atoms with van der Waals surface area (Å²) in [6.45, 7) is 1.49. The van der Waals surface area contributed by atoms with Gasteiger partial charge >= 0.3 is 5.97 Å². The topological polar surface area (TPSA) is 70.3 Å². The van der Waals surface area contributed by atoms with Gasteiger partial charge < -0.3 is 9.84 Å². The fraction of sp³-hybridized carbons (Fsp3) is 0.125. The number of nitrogens with zero attached hydrogens (tertiary/aromatic N) is 1. The van der Waals surface area contributed by atoms with Crippen molar-refractivity contribution in [2.24, 2.45) is 0 Å². The molecule has 112 valence electrons. The van der Waals surface area contributed by atoms with E-state index in [4.69, 9.17) is 26.7 Å². The molecule has 2 aromatic carbocycles. The molecular weight excluding hydrogens is 322 g/mol. The van der Waals surface area contributed by atoms with E-state index in [9.17, 15) is 4.79 Å². The number of carbonyl (C=O) groups is 1. The van der Waals surface area contributed by atoms with Crippen LogP contribution in [0, 0.1) is 18.3 Å². The highest BCUT2D eigenvalue weighted by Crippen LogP contribution is 2.38. The van der Waals surface area contributed by atoms with Crippen LogP contribution in [0.3, 0.4) is 0 Å². The van der Waals surface area contributed by atoms with E-state index < -0.39 is 12.6 Å². The zero-order chi connectivity index (χ0) is 16.1. The molecule has 2 aromatic rings. The number of hydrogen-bond acceptors (Lipinski definition) is 4. The number of ether oxygens (including phenoxy) is 1. The van der Waals surface area contributed by atoms with E-state index in [-0.39, 0.29) is 0 Å². The van der Waals surface area contributed by atoms with Gasteiger partial charge in [0.2, 0.25) is 0 Å². The normalized spacial score (nSPS) is 10.0. The van der Waals surface area contributed by atoms with Gasteiger partial charge in [0.1, 0.15) is 5.75 Å². The second-order valence-corrected chi connectivity index (χ2v) is 5.99. The van der Waals surface area contributed by atoms with E-state index in [0.717, 1.165) is 15.4 Å². The quantitative estimate of drug-likeness (QED) is 0.890. The molecule has 0 heterocycles. The molecule has 6 heteroatoms. The van der Waals surface area contributed by atoms with Crippen LogP contribution >= 0.6 is 23.4 Å². The highest BCUT2D eigenvalue weighted by molar-refractivity contribution is 7.99. The third-order valence-corrected chi connectivity index (χ3v) is 4.23. The van der Waals surface area contributed by atoms with Crippen molar-refractivity contribution in [3.05, 3.63) is 52.5 Å². The van der Waals surface area contributed by atoms with Crippen LogP contribution in [0.1, 0.15) is 11.1 Å². The minimum Gasteiger partial charge on any atom is -0.481 e. The van der Waals surface area contributed by atoms with Gasteiger partial charge in [-0.2, -0.15) is 5.26 Å². The molecule has 2 rings (SSSR count). The molecule has 0 saturated heterocycles. The Morgan fingerprint density at radius 1 is 1.32 bits per heavy atom. The lowest BCUT2D eigenvalue weighted by molar-refractivity contribution is -0.139. The molecule has 0 aliphatic carbocycles.